The van der Waals surface area contributed by atoms with E-state index in [1.807, 2.05) is 0 Å². The Morgan fingerprint density at radius 3 is 3.12 bits per heavy atom. The first-order valence-corrected chi connectivity index (χ1v) is 9.45. The van der Waals surface area contributed by atoms with Crippen LogP contribution in [0.2, 0.25) is 0 Å². The van der Waals surface area contributed by atoms with Gasteiger partial charge in [-0.1, -0.05) is 18.2 Å². The van der Waals surface area contributed by atoms with E-state index in [0.29, 0.717) is 13.0 Å². The van der Waals surface area contributed by atoms with Gasteiger partial charge in [-0.05, 0) is 49.5 Å². The van der Waals surface area contributed by atoms with E-state index in [1.54, 1.807) is 6.08 Å². The zero-order valence-corrected chi connectivity index (χ0v) is 14.3. The molecule has 1 aromatic carbocycles. The number of para-hydroxylation sites is 1. The number of morpholine rings is 1. The molecule has 2 aliphatic heterocycles. The topological polar surface area (TPSA) is 45.3 Å². The Balaban J connectivity index is 1.52. The summed E-state index contributed by atoms with van der Waals surface area (Å²) in [6.07, 6.45) is 8.75. The number of fused-ring (bicyclic) bond motifs is 5. The number of rotatable bonds is 0. The lowest BCUT2D eigenvalue weighted by atomic mass is 9.70. The van der Waals surface area contributed by atoms with Gasteiger partial charge in [0.15, 0.2) is 5.78 Å². The second-order valence-corrected chi connectivity index (χ2v) is 8.08. The highest BCUT2D eigenvalue weighted by Crippen LogP contribution is 2.57. The van der Waals surface area contributed by atoms with Crippen LogP contribution < -0.4 is 0 Å². The van der Waals surface area contributed by atoms with Gasteiger partial charge in [0.2, 0.25) is 0 Å². The molecule has 0 bridgehead atoms. The van der Waals surface area contributed by atoms with Gasteiger partial charge in [-0.15, -0.1) is 0 Å². The van der Waals surface area contributed by atoms with E-state index < -0.39 is 0 Å². The second-order valence-electron chi connectivity index (χ2n) is 8.08. The van der Waals surface area contributed by atoms with E-state index >= 15 is 0 Å². The molecule has 1 saturated carbocycles. The van der Waals surface area contributed by atoms with Gasteiger partial charge >= 0.3 is 0 Å². The molecule has 3 atom stereocenters. The molecule has 1 saturated heterocycles. The molecule has 2 fully saturated rings. The lowest BCUT2D eigenvalue weighted by Crippen LogP contribution is -2.69. The number of hydrogen-bond donors (Lipinski definition) is 1. The van der Waals surface area contributed by atoms with Crippen molar-refractivity contribution in [1.29, 1.82) is 0 Å². The SMILES string of the molecule is O=C1C=C[C@@]23CCC[C@]2(C1)N1CCc2c([nH]c4ccccc24)[C@H]1CO3. The fourth-order valence-corrected chi connectivity index (χ4v) is 6.11. The molecular formula is C21H22N2O2. The molecule has 128 valence electrons. The Morgan fingerprint density at radius 1 is 1.24 bits per heavy atom. The van der Waals surface area contributed by atoms with Crippen molar-refractivity contribution in [2.24, 2.45) is 0 Å². The Morgan fingerprint density at radius 2 is 2.16 bits per heavy atom. The van der Waals surface area contributed by atoms with Crippen molar-refractivity contribution in [3.8, 4) is 0 Å². The van der Waals surface area contributed by atoms with Crippen LogP contribution in [0.3, 0.4) is 0 Å². The maximum atomic E-state index is 12.3. The first-order valence-electron chi connectivity index (χ1n) is 9.45. The maximum absolute atomic E-state index is 12.3. The summed E-state index contributed by atoms with van der Waals surface area (Å²) in [6, 6.07) is 8.82. The van der Waals surface area contributed by atoms with Crippen LogP contribution in [0.25, 0.3) is 10.9 Å². The van der Waals surface area contributed by atoms with E-state index in [-0.39, 0.29) is 23.0 Å². The number of ketones is 1. The van der Waals surface area contributed by atoms with E-state index in [0.717, 1.165) is 32.2 Å². The lowest BCUT2D eigenvalue weighted by molar-refractivity contribution is -0.194. The summed E-state index contributed by atoms with van der Waals surface area (Å²) < 4.78 is 6.55. The fourth-order valence-electron chi connectivity index (χ4n) is 6.11. The van der Waals surface area contributed by atoms with Crippen molar-refractivity contribution in [2.45, 2.75) is 49.3 Å². The highest BCUT2D eigenvalue weighted by Gasteiger charge is 2.64. The van der Waals surface area contributed by atoms with Gasteiger partial charge in [0.25, 0.3) is 0 Å². The highest BCUT2D eigenvalue weighted by atomic mass is 16.5. The van der Waals surface area contributed by atoms with Crippen LogP contribution in [0.5, 0.6) is 0 Å². The summed E-state index contributed by atoms with van der Waals surface area (Å²) in [6.45, 7) is 1.73. The molecule has 4 nitrogen and oxygen atoms in total. The van der Waals surface area contributed by atoms with Crippen molar-refractivity contribution >= 4 is 16.7 Å². The van der Waals surface area contributed by atoms with Crippen LogP contribution >= 0.6 is 0 Å². The van der Waals surface area contributed by atoms with Crippen LogP contribution in [-0.2, 0) is 16.0 Å². The molecule has 0 unspecified atom stereocenters. The normalized spacial score (nSPS) is 36.8. The third-order valence-corrected chi connectivity index (χ3v) is 7.14. The van der Waals surface area contributed by atoms with Gasteiger partial charge in [-0.25, -0.2) is 0 Å². The van der Waals surface area contributed by atoms with E-state index in [1.165, 1.54) is 22.2 Å². The summed E-state index contributed by atoms with van der Waals surface area (Å²) >= 11 is 0. The molecule has 3 heterocycles. The van der Waals surface area contributed by atoms with E-state index in [4.69, 9.17) is 4.74 Å². The molecule has 25 heavy (non-hydrogen) atoms. The number of nitrogens with zero attached hydrogens (tertiary/aromatic N) is 1. The number of benzene rings is 1. The molecule has 0 spiro atoms. The van der Waals surface area contributed by atoms with Gasteiger partial charge in [0.05, 0.1) is 18.2 Å². The van der Waals surface area contributed by atoms with Crippen molar-refractivity contribution in [3.05, 3.63) is 47.7 Å². The van der Waals surface area contributed by atoms with Crippen molar-refractivity contribution in [1.82, 2.24) is 9.88 Å². The number of ether oxygens (including phenoxy) is 1. The first-order chi connectivity index (χ1) is 12.2. The molecule has 2 aliphatic carbocycles. The van der Waals surface area contributed by atoms with Gasteiger partial charge in [0, 0.05) is 29.6 Å². The standard InChI is InChI=1S/C21H22N2O2/c24-14-6-10-21-9-3-8-20(21,12-14)23-11-7-16-15-4-1-2-5-17(15)22-19(16)18(23)13-25-21/h1-2,4-6,10,18,22H,3,7-9,11-13H2/t18-,20-,21+/m1/s1. The zero-order chi connectivity index (χ0) is 16.6. The Hall–Kier alpha value is -1.91. The predicted molar refractivity (Wildman–Crippen MR) is 95.5 cm³/mol. The van der Waals surface area contributed by atoms with Gasteiger partial charge < -0.3 is 9.72 Å². The molecule has 0 amide bonds. The van der Waals surface area contributed by atoms with Crippen LogP contribution in [0.15, 0.2) is 36.4 Å². The largest absolute Gasteiger partial charge is 0.367 e. The quantitative estimate of drug-likeness (QED) is 0.804. The predicted octanol–water partition coefficient (Wildman–Crippen LogP) is 3.29. The minimum absolute atomic E-state index is 0.142. The molecule has 4 aliphatic rings. The first kappa shape index (κ1) is 14.3. The number of carbonyl (C=O) groups is 1. The smallest absolute Gasteiger partial charge is 0.157 e. The van der Waals surface area contributed by atoms with Crippen molar-refractivity contribution < 1.29 is 9.53 Å². The summed E-state index contributed by atoms with van der Waals surface area (Å²) in [5, 5.41) is 1.34. The van der Waals surface area contributed by atoms with E-state index in [9.17, 15) is 4.79 Å². The van der Waals surface area contributed by atoms with E-state index in [2.05, 4.69) is 40.2 Å². The second kappa shape index (κ2) is 4.63. The summed E-state index contributed by atoms with van der Waals surface area (Å²) in [7, 11) is 0. The van der Waals surface area contributed by atoms with Crippen molar-refractivity contribution in [3.63, 3.8) is 0 Å². The third kappa shape index (κ3) is 1.62. The monoisotopic (exact) mass is 334 g/mol. The molecule has 1 aromatic heterocycles. The molecule has 6 rings (SSSR count). The van der Waals surface area contributed by atoms with Crippen LogP contribution in [0, 0.1) is 0 Å². The zero-order valence-electron chi connectivity index (χ0n) is 14.3. The number of H-pyrrole nitrogens is 1. The average molecular weight is 334 g/mol. The molecule has 2 aromatic rings. The number of allylic oxidation sites excluding steroid dienone is 1. The average Bonchev–Trinajstić information content (AvgIpc) is 3.20. The summed E-state index contributed by atoms with van der Waals surface area (Å²) in [4.78, 5) is 18.6. The number of aromatic nitrogens is 1. The van der Waals surface area contributed by atoms with Gasteiger partial charge in [0.1, 0.15) is 5.60 Å². The maximum Gasteiger partial charge on any atom is 0.157 e. The number of hydrogen-bond acceptors (Lipinski definition) is 3. The number of aromatic amines is 1. The molecule has 1 N–H and O–H groups in total. The minimum atomic E-state index is -0.249. The fraction of sp³-hybridized carbons (Fsp3) is 0.476. The van der Waals surface area contributed by atoms with Crippen LogP contribution in [-0.4, -0.2) is 40.0 Å². The lowest BCUT2D eigenvalue weighted by Gasteiger charge is -2.59. The Bertz CT molecular complexity index is 929. The molecule has 0 radical (unpaired) electrons. The van der Waals surface area contributed by atoms with Gasteiger partial charge in [-0.3, -0.25) is 9.69 Å². The van der Waals surface area contributed by atoms with Crippen LogP contribution in [0.4, 0.5) is 0 Å². The summed E-state index contributed by atoms with van der Waals surface area (Å²) in [5.74, 6) is 0.254. The molecular weight excluding hydrogens is 312 g/mol. The van der Waals surface area contributed by atoms with Crippen molar-refractivity contribution in [2.75, 3.05) is 13.2 Å². The minimum Gasteiger partial charge on any atom is -0.367 e. The Kier molecular flexibility index (Phi) is 2.64. The number of carbonyl (C=O) groups excluding carboxylic acids is 1. The molecule has 4 heteroatoms. The Labute approximate surface area is 146 Å². The summed E-state index contributed by atoms with van der Waals surface area (Å²) in [5.41, 5.74) is 3.58. The highest BCUT2D eigenvalue weighted by molar-refractivity contribution is 5.92. The third-order valence-electron chi connectivity index (χ3n) is 7.14. The number of nitrogens with one attached hydrogen (secondary N) is 1. The van der Waals surface area contributed by atoms with Gasteiger partial charge in [-0.2, -0.15) is 0 Å². The van der Waals surface area contributed by atoms with Crippen LogP contribution in [0.1, 0.15) is 43.0 Å².